The fraction of sp³-hybridized carbons (Fsp3) is 0.0938. The van der Waals surface area contributed by atoms with E-state index in [1.165, 1.54) is 23.5 Å². The summed E-state index contributed by atoms with van der Waals surface area (Å²) in [6.07, 6.45) is 1.92. The molecule has 0 aliphatic carbocycles. The predicted molar refractivity (Wildman–Crippen MR) is 163 cm³/mol. The topological polar surface area (TPSA) is 53.0 Å². The fourth-order valence-electron chi connectivity index (χ4n) is 4.49. The van der Waals surface area contributed by atoms with Crippen LogP contribution in [0.1, 0.15) is 27.0 Å². The average Bonchev–Trinajstić information content (AvgIpc) is 3.47. The molecule has 0 unspecified atom stereocenters. The van der Waals surface area contributed by atoms with E-state index in [1.54, 1.807) is 17.0 Å². The number of para-hydroxylation sites is 1. The van der Waals surface area contributed by atoms with E-state index >= 15 is 0 Å². The number of rotatable bonds is 5. The molecule has 4 aromatic carbocycles. The Labute approximate surface area is 236 Å². The zero-order valence-corrected chi connectivity index (χ0v) is 23.1. The highest BCUT2D eigenvalue weighted by Crippen LogP contribution is 2.59. The summed E-state index contributed by atoms with van der Waals surface area (Å²) in [6, 6.07) is 34.8. The first-order chi connectivity index (χ1) is 18.9. The van der Waals surface area contributed by atoms with E-state index in [0.29, 0.717) is 15.5 Å². The molecule has 192 valence electrons. The van der Waals surface area contributed by atoms with Crippen LogP contribution in [-0.4, -0.2) is 21.1 Å². The third-order valence-electron chi connectivity index (χ3n) is 6.53. The van der Waals surface area contributed by atoms with Gasteiger partial charge in [0, 0.05) is 11.3 Å². The number of benzene rings is 4. The summed E-state index contributed by atoms with van der Waals surface area (Å²) < 4.78 is -1.07. The van der Waals surface area contributed by atoms with Gasteiger partial charge in [0.05, 0.1) is 10.6 Å². The molecule has 7 heteroatoms. The van der Waals surface area contributed by atoms with Crippen molar-refractivity contribution in [3.63, 3.8) is 0 Å². The molecule has 6 rings (SSSR count). The minimum atomic E-state index is -1.07. The second-order valence-corrected chi connectivity index (χ2v) is 12.0. The van der Waals surface area contributed by atoms with Gasteiger partial charge in [-0.1, -0.05) is 108 Å². The van der Waals surface area contributed by atoms with E-state index < -0.39 is 4.33 Å². The molecule has 0 bridgehead atoms. The highest BCUT2D eigenvalue weighted by molar-refractivity contribution is 8.29. The van der Waals surface area contributed by atoms with Gasteiger partial charge in [-0.25, -0.2) is 5.01 Å². The number of carbonyl (C=O) groups excluding carboxylic acids is 2. The lowest BCUT2D eigenvalue weighted by Crippen LogP contribution is -2.51. The summed E-state index contributed by atoms with van der Waals surface area (Å²) in [4.78, 5) is 30.2. The number of carbonyl (C=O) groups is 2. The van der Waals surface area contributed by atoms with Gasteiger partial charge in [-0.2, -0.15) is 5.10 Å². The van der Waals surface area contributed by atoms with E-state index in [2.05, 4.69) is 0 Å². The van der Waals surface area contributed by atoms with E-state index in [9.17, 15) is 9.59 Å². The third-order valence-corrected chi connectivity index (χ3v) is 9.24. The smallest absolute Gasteiger partial charge is 0.268 e. The Morgan fingerprint density at radius 2 is 1.33 bits per heavy atom. The summed E-state index contributed by atoms with van der Waals surface area (Å²) in [5, 5.41) is 7.04. The number of amides is 1. The second kappa shape index (κ2) is 10.2. The maximum absolute atomic E-state index is 14.2. The Hall–Kier alpha value is -4.07. The number of thioether (sulfide) groups is 2. The standard InChI is InChI=1S/C32H25N3O2S2/c1-22-13-17-24(18-14-22)21-28-31(37)34(26-11-7-4-8-12-26)32(38-28)35(27-19-15-23(2)16-20-27)33-30(39-32)29(36)25-9-5-3-6-10-25/h3-21H,1-2H3/b28-21-/t32-/m1/s1. The summed E-state index contributed by atoms with van der Waals surface area (Å²) in [6.45, 7) is 4.06. The van der Waals surface area contributed by atoms with Gasteiger partial charge in [-0.15, -0.1) is 0 Å². The van der Waals surface area contributed by atoms with E-state index in [4.69, 9.17) is 5.10 Å². The number of nitrogens with zero attached hydrogens (tertiary/aromatic N) is 3. The lowest BCUT2D eigenvalue weighted by atomic mass is 10.1. The highest BCUT2D eigenvalue weighted by Gasteiger charge is 2.60. The predicted octanol–water partition coefficient (Wildman–Crippen LogP) is 7.49. The maximum atomic E-state index is 14.2. The van der Waals surface area contributed by atoms with Crippen LogP contribution in [0.25, 0.3) is 6.08 Å². The fourth-order valence-corrected chi connectivity index (χ4v) is 7.44. The van der Waals surface area contributed by atoms with Gasteiger partial charge in [0.2, 0.25) is 10.1 Å². The summed E-state index contributed by atoms with van der Waals surface area (Å²) in [5.74, 6) is -0.313. The number of ketones is 1. The van der Waals surface area contributed by atoms with Gasteiger partial charge in [-0.3, -0.25) is 14.5 Å². The normalized spacial score (nSPS) is 19.7. The molecular formula is C32H25N3O2S2. The van der Waals surface area contributed by atoms with Gasteiger partial charge in [0.1, 0.15) is 0 Å². The number of hydrazone groups is 1. The third kappa shape index (κ3) is 4.68. The van der Waals surface area contributed by atoms with Crippen LogP contribution in [0, 0.1) is 13.8 Å². The molecule has 0 radical (unpaired) electrons. The molecule has 0 saturated carbocycles. The molecule has 0 aromatic heterocycles. The number of Topliss-reactive ketones (excluding diaryl/α,β-unsaturated/α-hetero) is 1. The molecule has 2 aliphatic rings. The van der Waals surface area contributed by atoms with Crippen molar-refractivity contribution >= 4 is 57.7 Å². The van der Waals surface area contributed by atoms with Crippen LogP contribution in [0.2, 0.25) is 0 Å². The molecular weight excluding hydrogens is 523 g/mol. The van der Waals surface area contributed by atoms with Crippen LogP contribution in [-0.2, 0) is 4.79 Å². The quantitative estimate of drug-likeness (QED) is 0.191. The number of aryl methyl sites for hydroxylation is 2. The molecule has 1 saturated heterocycles. The second-order valence-electron chi connectivity index (χ2n) is 9.40. The Morgan fingerprint density at radius 1 is 0.744 bits per heavy atom. The molecule has 1 atom stereocenters. The molecule has 1 spiro atoms. The summed E-state index contributed by atoms with van der Waals surface area (Å²) in [5.41, 5.74) is 5.28. The van der Waals surface area contributed by atoms with Crippen LogP contribution in [0.15, 0.2) is 119 Å². The van der Waals surface area contributed by atoms with Crippen molar-refractivity contribution < 1.29 is 9.59 Å². The SMILES string of the molecule is Cc1ccc(/C=C2\S[C@@]3(SC(C(=O)c4ccccc4)=NN3c3ccc(C)cc3)N(c3ccccc3)C2=O)cc1. The molecule has 4 aromatic rings. The van der Waals surface area contributed by atoms with Crippen molar-refractivity contribution in [1.82, 2.24) is 0 Å². The van der Waals surface area contributed by atoms with Gasteiger partial charge >= 0.3 is 0 Å². The molecule has 1 amide bonds. The van der Waals surface area contributed by atoms with Crippen molar-refractivity contribution in [3.8, 4) is 0 Å². The van der Waals surface area contributed by atoms with Crippen molar-refractivity contribution in [2.24, 2.45) is 5.10 Å². The first-order valence-corrected chi connectivity index (χ1v) is 14.2. The van der Waals surface area contributed by atoms with Gasteiger partial charge in [-0.05, 0) is 61.5 Å². The Balaban J connectivity index is 1.51. The Morgan fingerprint density at radius 3 is 1.97 bits per heavy atom. The van der Waals surface area contributed by atoms with Crippen LogP contribution < -0.4 is 9.91 Å². The Kier molecular flexibility index (Phi) is 6.62. The highest BCUT2D eigenvalue weighted by atomic mass is 32.2. The van der Waals surface area contributed by atoms with Gasteiger partial charge in [0.25, 0.3) is 5.91 Å². The maximum Gasteiger partial charge on any atom is 0.268 e. The minimum absolute atomic E-state index is 0.139. The molecule has 1 fully saturated rings. The van der Waals surface area contributed by atoms with Crippen molar-refractivity contribution in [3.05, 3.63) is 136 Å². The number of anilines is 2. The molecule has 2 heterocycles. The first kappa shape index (κ1) is 25.2. The zero-order valence-electron chi connectivity index (χ0n) is 21.4. The molecule has 0 N–H and O–H groups in total. The first-order valence-electron chi connectivity index (χ1n) is 12.6. The summed E-state index contributed by atoms with van der Waals surface area (Å²) in [7, 11) is 0. The van der Waals surface area contributed by atoms with E-state index in [0.717, 1.165) is 28.1 Å². The molecule has 5 nitrogen and oxygen atoms in total. The van der Waals surface area contributed by atoms with Crippen LogP contribution in [0.4, 0.5) is 11.4 Å². The molecule has 2 aliphatic heterocycles. The van der Waals surface area contributed by atoms with Crippen LogP contribution in [0.3, 0.4) is 0 Å². The van der Waals surface area contributed by atoms with Crippen molar-refractivity contribution in [1.29, 1.82) is 0 Å². The average molecular weight is 548 g/mol. The lowest BCUT2D eigenvalue weighted by molar-refractivity contribution is -0.114. The van der Waals surface area contributed by atoms with E-state index in [-0.39, 0.29) is 11.7 Å². The van der Waals surface area contributed by atoms with Gasteiger partial charge < -0.3 is 0 Å². The number of hydrogen-bond acceptors (Lipinski definition) is 6. The monoisotopic (exact) mass is 547 g/mol. The van der Waals surface area contributed by atoms with Gasteiger partial charge in [0.15, 0.2) is 5.04 Å². The minimum Gasteiger partial charge on any atom is -0.286 e. The largest absolute Gasteiger partial charge is 0.286 e. The summed E-state index contributed by atoms with van der Waals surface area (Å²) >= 11 is 2.72. The number of hydrogen-bond donors (Lipinski definition) is 0. The molecule has 39 heavy (non-hydrogen) atoms. The van der Waals surface area contributed by atoms with Crippen molar-refractivity contribution in [2.45, 2.75) is 18.2 Å². The Bertz CT molecular complexity index is 1600. The lowest BCUT2D eigenvalue weighted by Gasteiger charge is -2.38. The van der Waals surface area contributed by atoms with Crippen molar-refractivity contribution in [2.75, 3.05) is 9.91 Å². The zero-order chi connectivity index (χ0) is 27.0. The van der Waals surface area contributed by atoms with E-state index in [1.807, 2.05) is 122 Å². The van der Waals surface area contributed by atoms with Crippen LogP contribution in [0.5, 0.6) is 0 Å². The van der Waals surface area contributed by atoms with Crippen LogP contribution >= 0.6 is 23.5 Å².